The monoisotopic (exact) mass is 404 g/mol. The number of nitrogens with zero attached hydrogens (tertiary/aromatic N) is 2. The number of carbonyl (C=O) groups is 1. The predicted octanol–water partition coefficient (Wildman–Crippen LogP) is 2.55. The number of methoxy groups -OCH3 is 2. The van der Waals surface area contributed by atoms with E-state index in [4.69, 9.17) is 14.5 Å². The molecule has 2 rings (SSSR count). The molecule has 1 aromatic rings. The van der Waals surface area contributed by atoms with Crippen LogP contribution in [-0.2, 0) is 10.2 Å². The van der Waals surface area contributed by atoms with E-state index in [0.717, 1.165) is 49.1 Å². The summed E-state index contributed by atoms with van der Waals surface area (Å²) in [4.78, 5) is 18.7. The van der Waals surface area contributed by atoms with Crippen LogP contribution in [0.3, 0.4) is 0 Å². The van der Waals surface area contributed by atoms with Crippen molar-refractivity contribution in [2.75, 3.05) is 40.4 Å². The highest BCUT2D eigenvalue weighted by atomic mass is 16.5. The van der Waals surface area contributed by atoms with Gasteiger partial charge in [0.05, 0.1) is 20.8 Å². The smallest absolute Gasteiger partial charge is 0.222 e. The Hall–Kier alpha value is -2.44. The van der Waals surface area contributed by atoms with E-state index >= 15 is 0 Å². The van der Waals surface area contributed by atoms with Crippen molar-refractivity contribution in [2.45, 2.75) is 52.0 Å². The molecule has 1 heterocycles. The van der Waals surface area contributed by atoms with Gasteiger partial charge in [0, 0.05) is 37.5 Å². The molecule has 1 aliphatic rings. The molecule has 0 aromatic heterocycles. The fourth-order valence-electron chi connectivity index (χ4n) is 3.47. The quantitative estimate of drug-likeness (QED) is 0.514. The van der Waals surface area contributed by atoms with Gasteiger partial charge in [-0.2, -0.15) is 0 Å². The minimum atomic E-state index is -0.179. The molecule has 29 heavy (non-hydrogen) atoms. The number of amides is 1. The van der Waals surface area contributed by atoms with Gasteiger partial charge < -0.3 is 25.0 Å². The Morgan fingerprint density at radius 2 is 1.97 bits per heavy atom. The topological polar surface area (TPSA) is 75.2 Å². The molecule has 0 saturated carbocycles. The van der Waals surface area contributed by atoms with Gasteiger partial charge in [-0.3, -0.25) is 9.79 Å². The minimum Gasteiger partial charge on any atom is -0.493 e. The third-order valence-corrected chi connectivity index (χ3v) is 5.33. The number of likely N-dealkylation sites (tertiary alicyclic amines) is 1. The van der Waals surface area contributed by atoms with Crippen LogP contribution in [0.15, 0.2) is 23.2 Å². The normalized spacial score (nSPS) is 17.2. The van der Waals surface area contributed by atoms with Crippen LogP contribution in [0.1, 0.15) is 46.1 Å². The van der Waals surface area contributed by atoms with Crippen LogP contribution in [-0.4, -0.2) is 63.2 Å². The van der Waals surface area contributed by atoms with Crippen LogP contribution in [0.2, 0.25) is 0 Å². The highest BCUT2D eigenvalue weighted by Crippen LogP contribution is 2.33. The van der Waals surface area contributed by atoms with E-state index in [1.165, 1.54) is 0 Å². The first-order valence-electron chi connectivity index (χ1n) is 10.4. The number of hydrogen-bond acceptors (Lipinski definition) is 4. The SMILES string of the molecule is CCNC(=NCC(C)(C)c1ccc(OC)c(OC)c1)NC1CCN(C(=O)CC)C1. The van der Waals surface area contributed by atoms with Crippen molar-refractivity contribution in [2.24, 2.45) is 4.99 Å². The molecule has 1 aliphatic heterocycles. The van der Waals surface area contributed by atoms with Crippen LogP contribution in [0, 0.1) is 0 Å². The van der Waals surface area contributed by atoms with E-state index < -0.39 is 0 Å². The molecule has 1 unspecified atom stereocenters. The second-order valence-electron chi connectivity index (χ2n) is 7.97. The number of benzene rings is 1. The third-order valence-electron chi connectivity index (χ3n) is 5.33. The number of nitrogens with one attached hydrogen (secondary N) is 2. The van der Waals surface area contributed by atoms with Gasteiger partial charge in [-0.15, -0.1) is 0 Å². The van der Waals surface area contributed by atoms with Gasteiger partial charge in [-0.1, -0.05) is 26.8 Å². The molecule has 0 spiro atoms. The second-order valence-corrected chi connectivity index (χ2v) is 7.97. The lowest BCUT2D eigenvalue weighted by atomic mass is 9.84. The van der Waals surface area contributed by atoms with Gasteiger partial charge in [0.2, 0.25) is 5.91 Å². The first kappa shape index (κ1) is 22.8. The van der Waals surface area contributed by atoms with Crippen molar-refractivity contribution < 1.29 is 14.3 Å². The van der Waals surface area contributed by atoms with Crippen molar-refractivity contribution in [1.29, 1.82) is 0 Å². The van der Waals surface area contributed by atoms with Gasteiger partial charge in [0.25, 0.3) is 0 Å². The summed E-state index contributed by atoms with van der Waals surface area (Å²) in [5, 5.41) is 6.81. The number of aliphatic imine (C=N–C) groups is 1. The molecule has 0 aliphatic carbocycles. The summed E-state index contributed by atoms with van der Waals surface area (Å²) in [5.74, 6) is 2.44. The van der Waals surface area contributed by atoms with E-state index in [2.05, 4.69) is 37.5 Å². The van der Waals surface area contributed by atoms with Crippen LogP contribution in [0.5, 0.6) is 11.5 Å². The van der Waals surface area contributed by atoms with Crippen molar-refractivity contribution in [1.82, 2.24) is 15.5 Å². The molecule has 7 nitrogen and oxygen atoms in total. The van der Waals surface area contributed by atoms with Gasteiger partial charge in [-0.05, 0) is 31.0 Å². The summed E-state index contributed by atoms with van der Waals surface area (Å²) in [5.41, 5.74) is 0.956. The number of guanidine groups is 1. The Bertz CT molecular complexity index is 718. The fraction of sp³-hybridized carbons (Fsp3) is 0.636. The maximum absolute atomic E-state index is 11.9. The summed E-state index contributed by atoms with van der Waals surface area (Å²) < 4.78 is 10.8. The zero-order chi connectivity index (χ0) is 21.4. The van der Waals surface area contributed by atoms with Crippen LogP contribution in [0.4, 0.5) is 0 Å². The van der Waals surface area contributed by atoms with E-state index in [0.29, 0.717) is 13.0 Å². The average molecular weight is 405 g/mol. The fourth-order valence-corrected chi connectivity index (χ4v) is 3.47. The highest BCUT2D eigenvalue weighted by molar-refractivity contribution is 5.80. The molecular formula is C22H36N4O3. The van der Waals surface area contributed by atoms with E-state index in [9.17, 15) is 4.79 Å². The summed E-state index contributed by atoms with van der Waals surface area (Å²) >= 11 is 0. The van der Waals surface area contributed by atoms with Gasteiger partial charge in [0.15, 0.2) is 17.5 Å². The minimum absolute atomic E-state index is 0.179. The molecular weight excluding hydrogens is 368 g/mol. The lowest BCUT2D eigenvalue weighted by molar-refractivity contribution is -0.129. The van der Waals surface area contributed by atoms with Crippen molar-refractivity contribution in [3.05, 3.63) is 23.8 Å². The molecule has 7 heteroatoms. The largest absolute Gasteiger partial charge is 0.493 e. The van der Waals surface area contributed by atoms with Crippen molar-refractivity contribution >= 4 is 11.9 Å². The van der Waals surface area contributed by atoms with Gasteiger partial charge in [-0.25, -0.2) is 0 Å². The Kier molecular flexibility index (Phi) is 8.17. The lowest BCUT2D eigenvalue weighted by Crippen LogP contribution is -2.45. The molecule has 1 saturated heterocycles. The van der Waals surface area contributed by atoms with E-state index in [1.54, 1.807) is 14.2 Å². The summed E-state index contributed by atoms with van der Waals surface area (Å²) in [6, 6.07) is 6.23. The maximum Gasteiger partial charge on any atom is 0.222 e. The van der Waals surface area contributed by atoms with Crippen LogP contribution < -0.4 is 20.1 Å². The van der Waals surface area contributed by atoms with Crippen molar-refractivity contribution in [3.8, 4) is 11.5 Å². The number of hydrogen-bond donors (Lipinski definition) is 2. The average Bonchev–Trinajstić information content (AvgIpc) is 3.19. The van der Waals surface area contributed by atoms with E-state index in [-0.39, 0.29) is 17.4 Å². The molecule has 1 aromatic carbocycles. The molecule has 1 fully saturated rings. The van der Waals surface area contributed by atoms with E-state index in [1.807, 2.05) is 24.0 Å². The molecule has 2 N–H and O–H groups in total. The van der Waals surface area contributed by atoms with Crippen LogP contribution in [0.25, 0.3) is 0 Å². The molecule has 1 atom stereocenters. The summed E-state index contributed by atoms with van der Waals surface area (Å²) in [6.07, 6.45) is 1.50. The number of ether oxygens (including phenoxy) is 2. The van der Waals surface area contributed by atoms with Crippen LogP contribution >= 0.6 is 0 Å². The highest BCUT2D eigenvalue weighted by Gasteiger charge is 2.26. The standard InChI is InChI=1S/C22H36N4O3/c1-7-20(27)26-12-11-17(14-26)25-21(23-8-2)24-15-22(3,4)16-9-10-18(28-5)19(13-16)29-6/h9-10,13,17H,7-8,11-12,14-15H2,1-6H3,(H2,23,24,25). The Labute approximate surface area is 174 Å². The molecule has 0 radical (unpaired) electrons. The molecule has 1 amide bonds. The van der Waals surface area contributed by atoms with Crippen molar-refractivity contribution in [3.63, 3.8) is 0 Å². The Morgan fingerprint density at radius 1 is 1.24 bits per heavy atom. The maximum atomic E-state index is 11.9. The Morgan fingerprint density at radius 3 is 2.59 bits per heavy atom. The zero-order valence-corrected chi connectivity index (χ0v) is 18.7. The number of carbonyl (C=O) groups excluding carboxylic acids is 1. The number of rotatable bonds is 8. The predicted molar refractivity (Wildman–Crippen MR) is 117 cm³/mol. The molecule has 162 valence electrons. The summed E-state index contributed by atoms with van der Waals surface area (Å²) in [6.45, 7) is 11.2. The third kappa shape index (κ3) is 6.02. The first-order chi connectivity index (χ1) is 13.8. The Balaban J connectivity index is 2.07. The molecule has 0 bridgehead atoms. The lowest BCUT2D eigenvalue weighted by Gasteiger charge is -2.25. The second kappa shape index (κ2) is 10.4. The first-order valence-corrected chi connectivity index (χ1v) is 10.4. The van der Waals surface area contributed by atoms with Gasteiger partial charge >= 0.3 is 0 Å². The summed E-state index contributed by atoms with van der Waals surface area (Å²) in [7, 11) is 3.29. The zero-order valence-electron chi connectivity index (χ0n) is 18.7. The van der Waals surface area contributed by atoms with Gasteiger partial charge in [0.1, 0.15) is 0 Å².